The molecule has 0 atom stereocenters. The monoisotopic (exact) mass is 451 g/mol. The topological polar surface area (TPSA) is 57.4 Å². The van der Waals surface area contributed by atoms with Crippen LogP contribution in [0, 0.1) is 0 Å². The Bertz CT molecular complexity index is 1200. The number of nitrogens with zero attached hydrogens (tertiary/aromatic N) is 3. The maximum Gasteiger partial charge on any atom is 0.131 e. The van der Waals surface area contributed by atoms with Crippen LogP contribution in [-0.2, 0) is 6.42 Å². The van der Waals surface area contributed by atoms with Crippen LogP contribution in [0.3, 0.4) is 0 Å². The summed E-state index contributed by atoms with van der Waals surface area (Å²) in [6.45, 7) is 9.65. The van der Waals surface area contributed by atoms with Crippen molar-refractivity contribution >= 4 is 17.2 Å². The van der Waals surface area contributed by atoms with Gasteiger partial charge in [-0.15, -0.1) is 0 Å². The molecule has 1 saturated carbocycles. The number of nitrogens with two attached hydrogens (primary N) is 1. The number of hydrogen-bond donors (Lipinski definition) is 2. The Labute approximate surface area is 202 Å². The molecule has 2 aliphatic heterocycles. The molecule has 5 heteroatoms. The molecule has 3 aromatic rings. The third-order valence-electron chi connectivity index (χ3n) is 7.86. The lowest BCUT2D eigenvalue weighted by atomic mass is 9.91. The number of nitrogen functional groups attached to an aromatic ring is 1. The number of anilines is 2. The zero-order valence-electron chi connectivity index (χ0n) is 19.8. The first kappa shape index (κ1) is 21.2. The number of hydrogen-bond acceptors (Lipinski definition) is 5. The van der Waals surface area contributed by atoms with E-state index in [0.717, 1.165) is 54.5 Å². The highest BCUT2D eigenvalue weighted by Crippen LogP contribution is 2.33. The summed E-state index contributed by atoms with van der Waals surface area (Å²) < 4.78 is 0. The highest BCUT2D eigenvalue weighted by Gasteiger charge is 2.27. The molecule has 5 nitrogen and oxygen atoms in total. The average Bonchev–Trinajstić information content (AvgIpc) is 2.84. The molecule has 3 N–H and O–H groups in total. The van der Waals surface area contributed by atoms with Gasteiger partial charge in [-0.1, -0.05) is 43.3 Å². The number of piperazine rings is 1. The van der Waals surface area contributed by atoms with Gasteiger partial charge in [-0.05, 0) is 54.2 Å². The van der Waals surface area contributed by atoms with E-state index >= 15 is 0 Å². The molecule has 1 saturated heterocycles. The average molecular weight is 452 g/mol. The van der Waals surface area contributed by atoms with E-state index in [-0.39, 0.29) is 0 Å². The van der Waals surface area contributed by atoms with Gasteiger partial charge in [-0.3, -0.25) is 4.90 Å². The van der Waals surface area contributed by atoms with Crippen molar-refractivity contribution < 1.29 is 0 Å². The van der Waals surface area contributed by atoms with Crippen LogP contribution in [0.25, 0.3) is 28.0 Å². The first-order valence-corrected chi connectivity index (χ1v) is 12.6. The van der Waals surface area contributed by atoms with Crippen molar-refractivity contribution in [1.82, 2.24) is 15.2 Å². The van der Waals surface area contributed by atoms with Crippen LogP contribution in [-0.4, -0.2) is 48.6 Å². The van der Waals surface area contributed by atoms with Gasteiger partial charge < -0.3 is 16.0 Å². The van der Waals surface area contributed by atoms with Crippen LogP contribution >= 0.6 is 0 Å². The molecule has 0 radical (unpaired) electrons. The highest BCUT2D eigenvalue weighted by atomic mass is 15.3. The standard InChI is InChI=1S/C29H33N5/c1-20-27-10-7-22(17-23(27)11-12-31-20)28-18-24(19-32-29(28)30)21-5-8-26(9-6-21)34-15-13-33(14-16-34)25-3-2-4-25/h5-10,17-19,25,31H,1-4,11-16H2,(H2,30,32). The summed E-state index contributed by atoms with van der Waals surface area (Å²) in [5.41, 5.74) is 15.5. The molecule has 0 amide bonds. The molecular weight excluding hydrogens is 418 g/mol. The maximum atomic E-state index is 6.32. The van der Waals surface area contributed by atoms with E-state index < -0.39 is 0 Å². The Kier molecular flexibility index (Phi) is 5.50. The van der Waals surface area contributed by atoms with Crippen LogP contribution in [0.2, 0.25) is 0 Å². The Balaban J connectivity index is 1.21. The number of nitrogens with one attached hydrogen (secondary N) is 1. The highest BCUT2D eigenvalue weighted by molar-refractivity contribution is 5.81. The number of aromatic nitrogens is 1. The summed E-state index contributed by atoms with van der Waals surface area (Å²) in [4.78, 5) is 9.74. The summed E-state index contributed by atoms with van der Waals surface area (Å²) in [6, 6.07) is 18.5. The lowest BCUT2D eigenvalue weighted by molar-refractivity contribution is 0.120. The first-order valence-electron chi connectivity index (χ1n) is 12.6. The van der Waals surface area contributed by atoms with Crippen molar-refractivity contribution in [3.8, 4) is 22.3 Å². The second-order valence-corrected chi connectivity index (χ2v) is 9.84. The minimum atomic E-state index is 0.567. The van der Waals surface area contributed by atoms with Gasteiger partial charge in [-0.25, -0.2) is 4.98 Å². The molecule has 34 heavy (non-hydrogen) atoms. The van der Waals surface area contributed by atoms with Crippen LogP contribution in [0.1, 0.15) is 30.4 Å². The van der Waals surface area contributed by atoms with Crippen LogP contribution in [0.5, 0.6) is 0 Å². The van der Waals surface area contributed by atoms with E-state index in [4.69, 9.17) is 5.73 Å². The van der Waals surface area contributed by atoms with E-state index in [1.54, 1.807) is 0 Å². The molecule has 2 aromatic carbocycles. The van der Waals surface area contributed by atoms with Gasteiger partial charge in [0, 0.05) is 73.0 Å². The van der Waals surface area contributed by atoms with E-state index in [9.17, 15) is 0 Å². The molecular formula is C29H33N5. The minimum Gasteiger partial charge on any atom is -0.385 e. The van der Waals surface area contributed by atoms with Gasteiger partial charge in [0.15, 0.2) is 0 Å². The van der Waals surface area contributed by atoms with Gasteiger partial charge in [0.25, 0.3) is 0 Å². The second kappa shape index (κ2) is 8.80. The Hall–Kier alpha value is -3.31. The number of pyridine rings is 1. The van der Waals surface area contributed by atoms with Crippen molar-refractivity contribution in [2.45, 2.75) is 31.7 Å². The fourth-order valence-electron chi connectivity index (χ4n) is 5.53. The lowest BCUT2D eigenvalue weighted by Gasteiger charge is -2.43. The molecule has 3 heterocycles. The summed E-state index contributed by atoms with van der Waals surface area (Å²) in [5, 5.41) is 3.34. The summed E-state index contributed by atoms with van der Waals surface area (Å²) in [6.07, 6.45) is 7.07. The SMILES string of the molecule is C=C1NCCc2cc(-c3cc(-c4ccc(N5CCN(C6CCC6)CC5)cc4)cnc3N)ccc21. The van der Waals surface area contributed by atoms with Crippen molar-refractivity contribution in [1.29, 1.82) is 0 Å². The maximum absolute atomic E-state index is 6.32. The zero-order valence-corrected chi connectivity index (χ0v) is 19.8. The summed E-state index contributed by atoms with van der Waals surface area (Å²) in [5.74, 6) is 0.567. The predicted octanol–water partition coefficient (Wildman–Crippen LogP) is 4.79. The predicted molar refractivity (Wildman–Crippen MR) is 142 cm³/mol. The molecule has 0 bridgehead atoms. The molecule has 0 spiro atoms. The molecule has 174 valence electrons. The van der Waals surface area contributed by atoms with Gasteiger partial charge >= 0.3 is 0 Å². The van der Waals surface area contributed by atoms with Crippen molar-refractivity contribution in [3.05, 3.63) is 72.4 Å². The van der Waals surface area contributed by atoms with E-state index in [1.165, 1.54) is 54.7 Å². The molecule has 6 rings (SSSR count). The smallest absolute Gasteiger partial charge is 0.131 e. The van der Waals surface area contributed by atoms with Crippen molar-refractivity contribution in [2.75, 3.05) is 43.4 Å². The van der Waals surface area contributed by atoms with Crippen LogP contribution in [0.4, 0.5) is 11.5 Å². The normalized spacial score (nSPS) is 18.8. The van der Waals surface area contributed by atoms with Crippen LogP contribution in [0.15, 0.2) is 61.3 Å². The molecule has 1 aliphatic carbocycles. The molecule has 3 aliphatic rings. The Morgan fingerprint density at radius 3 is 2.38 bits per heavy atom. The van der Waals surface area contributed by atoms with Crippen molar-refractivity contribution in [2.24, 2.45) is 0 Å². The van der Waals surface area contributed by atoms with Crippen LogP contribution < -0.4 is 16.0 Å². The number of fused-ring (bicyclic) bond motifs is 1. The molecule has 1 aromatic heterocycles. The quantitative estimate of drug-likeness (QED) is 0.597. The summed E-state index contributed by atoms with van der Waals surface area (Å²) in [7, 11) is 0. The zero-order chi connectivity index (χ0) is 23.1. The molecule has 0 unspecified atom stereocenters. The third-order valence-corrected chi connectivity index (χ3v) is 7.86. The largest absolute Gasteiger partial charge is 0.385 e. The van der Waals surface area contributed by atoms with E-state index in [1.807, 2.05) is 6.20 Å². The first-order chi connectivity index (χ1) is 16.7. The number of benzene rings is 2. The van der Waals surface area contributed by atoms with Gasteiger partial charge in [0.1, 0.15) is 5.82 Å². The Morgan fingerprint density at radius 2 is 1.65 bits per heavy atom. The fraction of sp³-hybridized carbons (Fsp3) is 0.345. The molecule has 2 fully saturated rings. The van der Waals surface area contributed by atoms with Crippen molar-refractivity contribution in [3.63, 3.8) is 0 Å². The fourth-order valence-corrected chi connectivity index (χ4v) is 5.53. The lowest BCUT2D eigenvalue weighted by Crippen LogP contribution is -2.52. The Morgan fingerprint density at radius 1 is 0.882 bits per heavy atom. The van der Waals surface area contributed by atoms with Gasteiger partial charge in [-0.2, -0.15) is 0 Å². The number of rotatable bonds is 4. The summed E-state index contributed by atoms with van der Waals surface area (Å²) >= 11 is 0. The second-order valence-electron chi connectivity index (χ2n) is 9.84. The third kappa shape index (κ3) is 3.94. The van der Waals surface area contributed by atoms with Gasteiger partial charge in [0.2, 0.25) is 0 Å². The minimum absolute atomic E-state index is 0.567. The van der Waals surface area contributed by atoms with E-state index in [2.05, 4.69) is 75.2 Å². The van der Waals surface area contributed by atoms with E-state index in [0.29, 0.717) is 5.82 Å². The van der Waals surface area contributed by atoms with Gasteiger partial charge in [0.05, 0.1) is 0 Å².